The second-order valence-corrected chi connectivity index (χ2v) is 9.45. The van der Waals surface area contributed by atoms with Gasteiger partial charge in [0.05, 0.1) is 5.02 Å². The lowest BCUT2D eigenvalue weighted by molar-refractivity contribution is 0.0885. The zero-order valence-corrected chi connectivity index (χ0v) is 17.6. The number of sulfonamides is 1. The Bertz CT molecular complexity index is 725. The van der Waals surface area contributed by atoms with Crippen LogP contribution in [0, 0.1) is 5.41 Å². The van der Waals surface area contributed by atoms with Crippen molar-refractivity contribution < 1.29 is 18.3 Å². The number of nitrogens with one attached hydrogen (secondary N) is 1. The molecule has 0 aliphatic rings. The maximum atomic E-state index is 12.8. The van der Waals surface area contributed by atoms with Crippen LogP contribution in [-0.2, 0) is 10.0 Å². The normalized spacial score (nSPS) is 13.7. The van der Waals surface area contributed by atoms with Crippen LogP contribution in [0.4, 0.5) is 0 Å². The topological polar surface area (TPSA) is 86.7 Å². The summed E-state index contributed by atoms with van der Waals surface area (Å²) in [4.78, 5) is 12.6. The van der Waals surface area contributed by atoms with Gasteiger partial charge < -0.3 is 10.4 Å². The van der Waals surface area contributed by atoms with Crippen molar-refractivity contribution in [2.75, 3.05) is 19.7 Å². The first-order valence-electron chi connectivity index (χ1n) is 8.70. The predicted molar refractivity (Wildman–Crippen MR) is 104 cm³/mol. The summed E-state index contributed by atoms with van der Waals surface area (Å²) < 4.78 is 26.8. The molecule has 148 valence electrons. The van der Waals surface area contributed by atoms with Gasteiger partial charge in [0, 0.05) is 31.3 Å². The number of amides is 1. The smallest absolute Gasteiger partial charge is 0.251 e. The van der Waals surface area contributed by atoms with Crippen LogP contribution in [0.3, 0.4) is 0 Å². The predicted octanol–water partition coefficient (Wildman–Crippen LogP) is 2.90. The van der Waals surface area contributed by atoms with E-state index in [4.69, 9.17) is 11.6 Å². The standard InChI is InChI=1S/C18H29ClN2O4S/c1-6-21(7-2)26(24,25)15-12-13(8-9-14(15)19)17(23)20-16(10-11-22)18(3,4)5/h8-9,12,16,22H,6-7,10-11H2,1-5H3,(H,20,23)/t16-/m1/s1. The van der Waals surface area contributed by atoms with Crippen LogP contribution < -0.4 is 5.32 Å². The Balaban J connectivity index is 3.22. The van der Waals surface area contributed by atoms with Crippen molar-refractivity contribution in [1.82, 2.24) is 9.62 Å². The van der Waals surface area contributed by atoms with Crippen molar-refractivity contribution in [3.05, 3.63) is 28.8 Å². The SMILES string of the molecule is CCN(CC)S(=O)(=O)c1cc(C(=O)N[C@H](CCO)C(C)(C)C)ccc1Cl. The molecule has 1 aromatic rings. The van der Waals surface area contributed by atoms with Crippen molar-refractivity contribution in [2.24, 2.45) is 5.41 Å². The maximum absolute atomic E-state index is 12.8. The average molecular weight is 405 g/mol. The average Bonchev–Trinajstić information content (AvgIpc) is 2.54. The second-order valence-electron chi connectivity index (χ2n) is 7.14. The van der Waals surface area contributed by atoms with Crippen molar-refractivity contribution in [2.45, 2.75) is 52.0 Å². The Kier molecular flexibility index (Phi) is 8.07. The van der Waals surface area contributed by atoms with Gasteiger partial charge in [-0.3, -0.25) is 4.79 Å². The molecular weight excluding hydrogens is 376 g/mol. The van der Waals surface area contributed by atoms with E-state index in [1.54, 1.807) is 13.8 Å². The molecule has 0 fully saturated rings. The Hall–Kier alpha value is -1.15. The molecule has 0 heterocycles. The molecule has 0 radical (unpaired) electrons. The number of carbonyl (C=O) groups excluding carboxylic acids is 1. The van der Waals surface area contributed by atoms with E-state index in [2.05, 4.69) is 5.32 Å². The Morgan fingerprint density at radius 3 is 2.31 bits per heavy atom. The zero-order valence-electron chi connectivity index (χ0n) is 16.0. The zero-order chi connectivity index (χ0) is 20.1. The fourth-order valence-electron chi connectivity index (χ4n) is 2.64. The summed E-state index contributed by atoms with van der Waals surface area (Å²) in [5.74, 6) is -0.397. The minimum atomic E-state index is -3.77. The minimum absolute atomic E-state index is 0.0512. The highest BCUT2D eigenvalue weighted by Crippen LogP contribution is 2.27. The highest BCUT2D eigenvalue weighted by atomic mass is 35.5. The summed E-state index contributed by atoms with van der Waals surface area (Å²) in [7, 11) is -3.77. The quantitative estimate of drug-likeness (QED) is 0.697. The van der Waals surface area contributed by atoms with Gasteiger partial charge in [-0.05, 0) is 30.0 Å². The van der Waals surface area contributed by atoms with Crippen LogP contribution in [0.2, 0.25) is 5.02 Å². The van der Waals surface area contributed by atoms with Crippen LogP contribution in [0.25, 0.3) is 0 Å². The maximum Gasteiger partial charge on any atom is 0.251 e. The number of hydrogen-bond acceptors (Lipinski definition) is 4. The summed E-state index contributed by atoms with van der Waals surface area (Å²) in [5, 5.41) is 12.2. The van der Waals surface area contributed by atoms with E-state index in [0.29, 0.717) is 19.5 Å². The highest BCUT2D eigenvalue weighted by Gasteiger charge is 2.28. The van der Waals surface area contributed by atoms with E-state index >= 15 is 0 Å². The molecule has 26 heavy (non-hydrogen) atoms. The molecule has 1 atom stereocenters. The van der Waals surface area contributed by atoms with Crippen molar-refractivity contribution in [3.63, 3.8) is 0 Å². The van der Waals surface area contributed by atoms with Gasteiger partial charge in [-0.15, -0.1) is 0 Å². The molecule has 0 spiro atoms. The Morgan fingerprint density at radius 1 is 1.27 bits per heavy atom. The van der Waals surface area contributed by atoms with E-state index in [1.165, 1.54) is 22.5 Å². The first-order chi connectivity index (χ1) is 12.0. The van der Waals surface area contributed by atoms with Crippen molar-refractivity contribution in [3.8, 4) is 0 Å². The lowest BCUT2D eigenvalue weighted by Crippen LogP contribution is -2.44. The van der Waals surface area contributed by atoms with Gasteiger partial charge in [0.2, 0.25) is 10.0 Å². The van der Waals surface area contributed by atoms with Crippen LogP contribution in [0.5, 0.6) is 0 Å². The molecule has 0 unspecified atom stereocenters. The summed E-state index contributed by atoms with van der Waals surface area (Å²) in [6, 6.07) is 3.98. The lowest BCUT2D eigenvalue weighted by Gasteiger charge is -2.31. The third kappa shape index (κ3) is 5.42. The lowest BCUT2D eigenvalue weighted by atomic mass is 9.85. The summed E-state index contributed by atoms with van der Waals surface area (Å²) >= 11 is 6.10. The van der Waals surface area contributed by atoms with E-state index in [0.717, 1.165) is 0 Å². The van der Waals surface area contributed by atoms with Gasteiger partial charge in [0.1, 0.15) is 4.90 Å². The molecule has 0 saturated carbocycles. The minimum Gasteiger partial charge on any atom is -0.396 e. The summed E-state index contributed by atoms with van der Waals surface area (Å²) in [6.45, 7) is 9.96. The van der Waals surface area contributed by atoms with Crippen LogP contribution in [0.1, 0.15) is 51.4 Å². The Morgan fingerprint density at radius 2 is 1.85 bits per heavy atom. The monoisotopic (exact) mass is 404 g/mol. The van der Waals surface area contributed by atoms with Crippen LogP contribution >= 0.6 is 11.6 Å². The molecule has 8 heteroatoms. The molecule has 0 bridgehead atoms. The number of hydrogen-bond donors (Lipinski definition) is 2. The number of benzene rings is 1. The highest BCUT2D eigenvalue weighted by molar-refractivity contribution is 7.89. The molecule has 0 saturated heterocycles. The number of aliphatic hydroxyl groups excluding tert-OH is 1. The molecule has 1 aromatic carbocycles. The van der Waals surface area contributed by atoms with Gasteiger partial charge in [-0.2, -0.15) is 4.31 Å². The largest absolute Gasteiger partial charge is 0.396 e. The fourth-order valence-corrected chi connectivity index (χ4v) is 4.60. The van der Waals surface area contributed by atoms with Gasteiger partial charge >= 0.3 is 0 Å². The fraction of sp³-hybridized carbons (Fsp3) is 0.611. The van der Waals surface area contributed by atoms with E-state index in [1.807, 2.05) is 20.8 Å². The van der Waals surface area contributed by atoms with E-state index in [-0.39, 0.29) is 33.5 Å². The molecular formula is C18H29ClN2O4S. The second kappa shape index (κ2) is 9.17. The molecule has 2 N–H and O–H groups in total. The molecule has 0 aliphatic carbocycles. The van der Waals surface area contributed by atoms with Gasteiger partial charge in [0.25, 0.3) is 5.91 Å². The van der Waals surface area contributed by atoms with Crippen molar-refractivity contribution in [1.29, 1.82) is 0 Å². The van der Waals surface area contributed by atoms with E-state index in [9.17, 15) is 18.3 Å². The summed E-state index contributed by atoms with van der Waals surface area (Å²) in [5.41, 5.74) is -0.0340. The molecule has 6 nitrogen and oxygen atoms in total. The molecule has 0 aliphatic heterocycles. The number of aliphatic hydroxyl groups is 1. The molecule has 1 amide bonds. The molecule has 1 rings (SSSR count). The van der Waals surface area contributed by atoms with Crippen LogP contribution in [-0.4, -0.2) is 49.5 Å². The first-order valence-corrected chi connectivity index (χ1v) is 10.5. The van der Waals surface area contributed by atoms with Gasteiger partial charge in [-0.25, -0.2) is 8.42 Å². The first kappa shape index (κ1) is 22.9. The number of carbonyl (C=O) groups is 1. The van der Waals surface area contributed by atoms with Crippen molar-refractivity contribution >= 4 is 27.5 Å². The summed E-state index contributed by atoms with van der Waals surface area (Å²) in [6.07, 6.45) is 0.410. The van der Waals surface area contributed by atoms with Gasteiger partial charge in [-0.1, -0.05) is 46.2 Å². The number of rotatable bonds is 8. The van der Waals surface area contributed by atoms with E-state index < -0.39 is 15.9 Å². The van der Waals surface area contributed by atoms with Gasteiger partial charge in [0.15, 0.2) is 0 Å². The number of nitrogens with zero attached hydrogens (tertiary/aromatic N) is 1. The van der Waals surface area contributed by atoms with Crippen LogP contribution in [0.15, 0.2) is 23.1 Å². The number of halogens is 1. The Labute approximate surface area is 161 Å². The molecule has 0 aromatic heterocycles. The third-order valence-electron chi connectivity index (χ3n) is 4.29. The third-order valence-corrected chi connectivity index (χ3v) is 6.82.